The molecule has 0 aliphatic rings. The molecule has 17 heavy (non-hydrogen) atoms. The number of halogens is 1. The van der Waals surface area contributed by atoms with Crippen molar-refractivity contribution in [2.45, 2.75) is 6.42 Å². The standard InChI is InChI=1S/C11H8ClNO3S/c12-8-3-6(1-2-9(8)14)11-13-7(5-17-11)4-10(15)16/h1-3,5,14H,4H2,(H,15,16). The van der Waals surface area contributed by atoms with Gasteiger partial charge in [0, 0.05) is 10.9 Å². The number of benzene rings is 1. The minimum Gasteiger partial charge on any atom is -0.506 e. The van der Waals surface area contributed by atoms with Crippen molar-refractivity contribution in [3.63, 3.8) is 0 Å². The van der Waals surface area contributed by atoms with Crippen LogP contribution >= 0.6 is 22.9 Å². The number of carboxylic acid groups (broad SMARTS) is 1. The average Bonchev–Trinajstić information content (AvgIpc) is 2.69. The van der Waals surface area contributed by atoms with Crippen LogP contribution < -0.4 is 0 Å². The van der Waals surface area contributed by atoms with E-state index in [1.54, 1.807) is 17.5 Å². The summed E-state index contributed by atoms with van der Waals surface area (Å²) < 4.78 is 0. The molecule has 0 spiro atoms. The second-order valence-electron chi connectivity index (χ2n) is 3.38. The van der Waals surface area contributed by atoms with E-state index in [1.807, 2.05) is 0 Å². The predicted molar refractivity (Wildman–Crippen MR) is 65.6 cm³/mol. The van der Waals surface area contributed by atoms with Crippen LogP contribution in [0, 0.1) is 0 Å². The fourth-order valence-electron chi connectivity index (χ4n) is 1.32. The summed E-state index contributed by atoms with van der Waals surface area (Å²) in [6.45, 7) is 0. The van der Waals surface area contributed by atoms with E-state index in [-0.39, 0.29) is 17.2 Å². The van der Waals surface area contributed by atoms with Gasteiger partial charge in [-0.2, -0.15) is 0 Å². The van der Waals surface area contributed by atoms with Crippen LogP contribution in [0.1, 0.15) is 5.69 Å². The molecule has 1 aromatic carbocycles. The largest absolute Gasteiger partial charge is 0.506 e. The number of phenols is 1. The number of phenolic OH excluding ortho intramolecular Hbond substituents is 1. The lowest BCUT2D eigenvalue weighted by molar-refractivity contribution is -0.136. The summed E-state index contributed by atoms with van der Waals surface area (Å²) in [7, 11) is 0. The Hall–Kier alpha value is -1.59. The molecular formula is C11H8ClNO3S. The molecule has 2 aromatic rings. The first kappa shape index (κ1) is 11.9. The monoisotopic (exact) mass is 269 g/mol. The Kier molecular flexibility index (Phi) is 3.31. The number of hydrogen-bond donors (Lipinski definition) is 2. The molecule has 0 atom stereocenters. The van der Waals surface area contributed by atoms with Crippen molar-refractivity contribution in [3.05, 3.63) is 34.3 Å². The van der Waals surface area contributed by atoms with Crippen molar-refractivity contribution in [2.24, 2.45) is 0 Å². The van der Waals surface area contributed by atoms with Crippen LogP contribution in [-0.4, -0.2) is 21.2 Å². The molecule has 0 unspecified atom stereocenters. The molecule has 2 rings (SSSR count). The van der Waals surface area contributed by atoms with Gasteiger partial charge in [0.05, 0.1) is 17.1 Å². The lowest BCUT2D eigenvalue weighted by Gasteiger charge is -1.99. The Morgan fingerprint density at radius 3 is 2.88 bits per heavy atom. The molecule has 0 aliphatic heterocycles. The van der Waals surface area contributed by atoms with E-state index in [2.05, 4.69) is 4.98 Å². The van der Waals surface area contributed by atoms with Crippen LogP contribution in [0.3, 0.4) is 0 Å². The third-order valence-electron chi connectivity index (χ3n) is 2.08. The zero-order valence-electron chi connectivity index (χ0n) is 8.55. The van der Waals surface area contributed by atoms with Gasteiger partial charge in [-0.05, 0) is 18.2 Å². The number of aromatic hydroxyl groups is 1. The maximum atomic E-state index is 10.5. The van der Waals surface area contributed by atoms with Crippen molar-refractivity contribution in [1.29, 1.82) is 0 Å². The topological polar surface area (TPSA) is 70.4 Å². The Balaban J connectivity index is 2.30. The maximum absolute atomic E-state index is 10.5. The molecule has 6 heteroatoms. The molecule has 0 aliphatic carbocycles. The van der Waals surface area contributed by atoms with Crippen LogP contribution in [0.15, 0.2) is 23.6 Å². The van der Waals surface area contributed by atoms with Gasteiger partial charge in [-0.3, -0.25) is 4.79 Å². The number of carbonyl (C=O) groups is 1. The second-order valence-corrected chi connectivity index (χ2v) is 4.65. The van der Waals surface area contributed by atoms with Gasteiger partial charge in [0.25, 0.3) is 0 Å². The molecule has 0 bridgehead atoms. The SMILES string of the molecule is O=C(O)Cc1csc(-c2ccc(O)c(Cl)c2)n1. The highest BCUT2D eigenvalue weighted by molar-refractivity contribution is 7.13. The third-order valence-corrected chi connectivity index (χ3v) is 3.32. The first-order valence-electron chi connectivity index (χ1n) is 4.71. The Bertz CT molecular complexity index is 568. The zero-order chi connectivity index (χ0) is 12.4. The highest BCUT2D eigenvalue weighted by Gasteiger charge is 2.09. The Morgan fingerprint density at radius 1 is 1.47 bits per heavy atom. The quantitative estimate of drug-likeness (QED) is 0.899. The van der Waals surface area contributed by atoms with Crippen molar-refractivity contribution in [3.8, 4) is 16.3 Å². The van der Waals surface area contributed by atoms with Gasteiger partial charge in [-0.25, -0.2) is 4.98 Å². The minimum atomic E-state index is -0.911. The molecule has 0 fully saturated rings. The fourth-order valence-corrected chi connectivity index (χ4v) is 2.31. The summed E-state index contributed by atoms with van der Waals surface area (Å²) in [6.07, 6.45) is -0.0949. The van der Waals surface area contributed by atoms with Crippen LogP contribution in [0.25, 0.3) is 10.6 Å². The lowest BCUT2D eigenvalue weighted by atomic mass is 10.2. The van der Waals surface area contributed by atoms with Crippen LogP contribution in [0.2, 0.25) is 5.02 Å². The number of nitrogens with zero attached hydrogens (tertiary/aromatic N) is 1. The first-order chi connectivity index (χ1) is 8.06. The molecule has 2 N–H and O–H groups in total. The summed E-state index contributed by atoms with van der Waals surface area (Å²) in [5.74, 6) is -0.900. The maximum Gasteiger partial charge on any atom is 0.309 e. The normalized spacial score (nSPS) is 10.4. The van der Waals surface area contributed by atoms with Gasteiger partial charge in [0.15, 0.2) is 0 Å². The van der Waals surface area contributed by atoms with E-state index in [9.17, 15) is 9.90 Å². The lowest BCUT2D eigenvalue weighted by Crippen LogP contribution is -1.99. The van der Waals surface area contributed by atoms with Crippen molar-refractivity contribution in [2.75, 3.05) is 0 Å². The van der Waals surface area contributed by atoms with Crippen molar-refractivity contribution in [1.82, 2.24) is 4.98 Å². The second kappa shape index (κ2) is 4.73. The highest BCUT2D eigenvalue weighted by atomic mass is 35.5. The van der Waals surface area contributed by atoms with E-state index in [1.165, 1.54) is 17.4 Å². The molecule has 4 nitrogen and oxygen atoms in total. The van der Waals surface area contributed by atoms with E-state index < -0.39 is 5.97 Å². The molecule has 0 amide bonds. The van der Waals surface area contributed by atoms with Gasteiger partial charge in [-0.1, -0.05) is 11.6 Å². The van der Waals surface area contributed by atoms with E-state index in [0.717, 1.165) is 5.56 Å². The number of carboxylic acids is 1. The van der Waals surface area contributed by atoms with Crippen LogP contribution in [-0.2, 0) is 11.2 Å². The number of aliphatic carboxylic acids is 1. The molecule has 0 saturated heterocycles. The molecule has 88 valence electrons. The van der Waals surface area contributed by atoms with Gasteiger partial charge in [-0.15, -0.1) is 11.3 Å². The summed E-state index contributed by atoms with van der Waals surface area (Å²) in [5, 5.41) is 20.6. The van der Waals surface area contributed by atoms with Gasteiger partial charge in [0.2, 0.25) is 0 Å². The molecule has 0 saturated carbocycles. The van der Waals surface area contributed by atoms with Crippen molar-refractivity contribution < 1.29 is 15.0 Å². The van der Waals surface area contributed by atoms with Crippen molar-refractivity contribution >= 4 is 28.9 Å². The van der Waals surface area contributed by atoms with Crippen LogP contribution in [0.4, 0.5) is 0 Å². The molecule has 0 radical (unpaired) electrons. The van der Waals surface area contributed by atoms with E-state index >= 15 is 0 Å². The summed E-state index contributed by atoms with van der Waals surface area (Å²) in [5.41, 5.74) is 1.27. The number of hydrogen-bond acceptors (Lipinski definition) is 4. The number of rotatable bonds is 3. The Morgan fingerprint density at radius 2 is 2.24 bits per heavy atom. The summed E-state index contributed by atoms with van der Waals surface area (Å²) >= 11 is 7.13. The molecule has 1 aromatic heterocycles. The molecule has 1 heterocycles. The first-order valence-corrected chi connectivity index (χ1v) is 5.97. The van der Waals surface area contributed by atoms with Gasteiger partial charge in [0.1, 0.15) is 10.8 Å². The minimum absolute atomic E-state index is 0.0118. The fraction of sp³-hybridized carbons (Fsp3) is 0.0909. The smallest absolute Gasteiger partial charge is 0.309 e. The number of aromatic nitrogens is 1. The van der Waals surface area contributed by atoms with Gasteiger partial charge >= 0.3 is 5.97 Å². The number of thiazole rings is 1. The average molecular weight is 270 g/mol. The summed E-state index contributed by atoms with van der Waals surface area (Å²) in [4.78, 5) is 14.7. The highest BCUT2D eigenvalue weighted by Crippen LogP contribution is 2.31. The zero-order valence-corrected chi connectivity index (χ0v) is 10.1. The van der Waals surface area contributed by atoms with Gasteiger partial charge < -0.3 is 10.2 Å². The molecular weight excluding hydrogens is 262 g/mol. The van der Waals surface area contributed by atoms with E-state index in [0.29, 0.717) is 10.7 Å². The predicted octanol–water partition coefficient (Wildman–Crippen LogP) is 2.80. The van der Waals surface area contributed by atoms with Crippen LogP contribution in [0.5, 0.6) is 5.75 Å². The van der Waals surface area contributed by atoms with E-state index in [4.69, 9.17) is 16.7 Å². The third kappa shape index (κ3) is 2.75. The Labute approximate surface area is 106 Å². The summed E-state index contributed by atoms with van der Waals surface area (Å²) in [6, 6.07) is 4.76.